The zero-order valence-electron chi connectivity index (χ0n) is 20.4. The Morgan fingerprint density at radius 3 is 2.50 bits per heavy atom. The van der Waals surface area contributed by atoms with E-state index in [1.165, 1.54) is 17.7 Å². The van der Waals surface area contributed by atoms with Crippen molar-refractivity contribution in [3.05, 3.63) is 83.3 Å². The van der Waals surface area contributed by atoms with Gasteiger partial charge in [-0.25, -0.2) is 4.39 Å². The van der Waals surface area contributed by atoms with Gasteiger partial charge >= 0.3 is 0 Å². The Labute approximate surface area is 210 Å². The van der Waals surface area contributed by atoms with Gasteiger partial charge in [-0.2, -0.15) is 5.10 Å². The fourth-order valence-corrected chi connectivity index (χ4v) is 5.14. The van der Waals surface area contributed by atoms with Crippen LogP contribution in [0.15, 0.2) is 60.8 Å². The summed E-state index contributed by atoms with van der Waals surface area (Å²) >= 11 is 0. The summed E-state index contributed by atoms with van der Waals surface area (Å²) in [5.74, 6) is 0.595. The van der Waals surface area contributed by atoms with E-state index in [1.54, 1.807) is 12.3 Å². The summed E-state index contributed by atoms with van der Waals surface area (Å²) in [5.41, 5.74) is 3.23. The van der Waals surface area contributed by atoms with Crippen molar-refractivity contribution in [2.45, 2.75) is 32.1 Å². The van der Waals surface area contributed by atoms with Gasteiger partial charge < -0.3 is 15.1 Å². The van der Waals surface area contributed by atoms with Crippen LogP contribution in [0, 0.1) is 18.7 Å². The van der Waals surface area contributed by atoms with Gasteiger partial charge in [-0.05, 0) is 79.6 Å². The number of carbonyl (C=O) groups excluding carboxylic acids is 2. The Morgan fingerprint density at radius 1 is 1.00 bits per heavy atom. The molecule has 2 aliphatic rings. The monoisotopic (exact) mass is 487 g/mol. The molecule has 8 heteroatoms. The Balaban J connectivity index is 1.13. The third kappa shape index (κ3) is 5.22. The number of carbonyl (C=O) groups is 2. The quantitative estimate of drug-likeness (QED) is 0.577. The van der Waals surface area contributed by atoms with Crippen molar-refractivity contribution < 1.29 is 14.0 Å². The maximum atomic E-state index is 13.6. The number of aromatic nitrogens is 2. The number of nitrogens with one attached hydrogen (secondary N) is 1. The van der Waals surface area contributed by atoms with Crippen molar-refractivity contribution in [2.24, 2.45) is 5.92 Å². The van der Waals surface area contributed by atoms with Crippen LogP contribution in [0.2, 0.25) is 0 Å². The standard InChI is InChI=1S/C28H30FN5O2/c1-19-4-7-23(29)17-25(19)28(36)33-14-10-21(11-15-33)20-5-8-24(9-6-20)31-27(35)22-12-16-34(18-22)26-3-2-13-30-32-26/h2-9,13,17,21-22H,10-12,14-16,18H2,1H3,(H,31,35)/t22-/m0/s1. The minimum Gasteiger partial charge on any atom is -0.354 e. The molecule has 0 radical (unpaired) electrons. The summed E-state index contributed by atoms with van der Waals surface area (Å²) in [6.07, 6.45) is 4.13. The highest BCUT2D eigenvalue weighted by atomic mass is 19.1. The van der Waals surface area contributed by atoms with Crippen LogP contribution in [-0.2, 0) is 4.79 Å². The van der Waals surface area contributed by atoms with E-state index < -0.39 is 0 Å². The third-order valence-corrected chi connectivity index (χ3v) is 7.30. The number of anilines is 2. The summed E-state index contributed by atoms with van der Waals surface area (Å²) < 4.78 is 13.6. The molecule has 5 rings (SSSR count). The number of halogens is 1. The average Bonchev–Trinajstić information content (AvgIpc) is 3.42. The topological polar surface area (TPSA) is 78.4 Å². The second-order valence-corrected chi connectivity index (χ2v) is 9.65. The maximum Gasteiger partial charge on any atom is 0.254 e. The lowest BCUT2D eigenvalue weighted by molar-refractivity contribution is -0.119. The van der Waals surface area contributed by atoms with Crippen LogP contribution in [0.4, 0.5) is 15.9 Å². The normalized spacial score (nSPS) is 18.3. The maximum absolute atomic E-state index is 13.6. The predicted molar refractivity (Wildman–Crippen MR) is 136 cm³/mol. The van der Waals surface area contributed by atoms with Gasteiger partial charge in [-0.1, -0.05) is 18.2 Å². The highest BCUT2D eigenvalue weighted by molar-refractivity contribution is 5.95. The Morgan fingerprint density at radius 2 is 1.78 bits per heavy atom. The van der Waals surface area contributed by atoms with Crippen LogP contribution in [0.3, 0.4) is 0 Å². The molecule has 36 heavy (non-hydrogen) atoms. The van der Waals surface area contributed by atoms with E-state index in [1.807, 2.05) is 36.1 Å². The van der Waals surface area contributed by atoms with E-state index >= 15 is 0 Å². The number of benzene rings is 2. The first-order valence-corrected chi connectivity index (χ1v) is 12.5. The van der Waals surface area contributed by atoms with Gasteiger partial charge in [0.1, 0.15) is 5.82 Å². The number of likely N-dealkylation sites (tertiary alicyclic amines) is 1. The molecule has 2 fully saturated rings. The number of amides is 2. The molecule has 2 aromatic carbocycles. The summed E-state index contributed by atoms with van der Waals surface area (Å²) in [7, 11) is 0. The lowest BCUT2D eigenvalue weighted by Crippen LogP contribution is -2.38. The Hall–Kier alpha value is -3.81. The molecule has 3 aromatic rings. The van der Waals surface area contributed by atoms with Gasteiger partial charge in [0.05, 0.1) is 5.92 Å². The molecule has 0 unspecified atom stereocenters. The molecule has 2 saturated heterocycles. The van der Waals surface area contributed by atoms with E-state index in [4.69, 9.17) is 0 Å². The van der Waals surface area contributed by atoms with Gasteiger partial charge in [-0.15, -0.1) is 5.10 Å². The first-order chi connectivity index (χ1) is 17.5. The fourth-order valence-electron chi connectivity index (χ4n) is 5.14. The van der Waals surface area contributed by atoms with Crippen LogP contribution in [0.5, 0.6) is 0 Å². The summed E-state index contributed by atoms with van der Waals surface area (Å²) in [5, 5.41) is 11.1. The van der Waals surface area contributed by atoms with Crippen LogP contribution in [-0.4, -0.2) is 53.1 Å². The van der Waals surface area contributed by atoms with Crippen molar-refractivity contribution in [2.75, 3.05) is 36.4 Å². The second kappa shape index (κ2) is 10.4. The van der Waals surface area contributed by atoms with Crippen molar-refractivity contribution in [3.63, 3.8) is 0 Å². The highest BCUT2D eigenvalue weighted by Gasteiger charge is 2.29. The molecule has 0 bridgehead atoms. The van der Waals surface area contributed by atoms with Gasteiger partial charge in [0.15, 0.2) is 5.82 Å². The molecule has 2 aliphatic heterocycles. The smallest absolute Gasteiger partial charge is 0.254 e. The van der Waals surface area contributed by atoms with Gasteiger partial charge in [0.2, 0.25) is 5.91 Å². The number of hydrogen-bond donors (Lipinski definition) is 1. The SMILES string of the molecule is Cc1ccc(F)cc1C(=O)N1CCC(c2ccc(NC(=O)[C@H]3CCN(c4cccnn4)C3)cc2)CC1. The Kier molecular flexibility index (Phi) is 6.93. The number of aryl methyl sites for hydroxylation is 1. The van der Waals surface area contributed by atoms with Crippen LogP contribution in [0.1, 0.15) is 46.7 Å². The molecule has 1 aromatic heterocycles. The van der Waals surface area contributed by atoms with Crippen molar-refractivity contribution in [1.82, 2.24) is 15.1 Å². The molecule has 0 spiro atoms. The van der Waals surface area contributed by atoms with Crippen LogP contribution < -0.4 is 10.2 Å². The lowest BCUT2D eigenvalue weighted by atomic mass is 9.89. The number of hydrogen-bond acceptors (Lipinski definition) is 5. The zero-order chi connectivity index (χ0) is 25.1. The van der Waals surface area contributed by atoms with Crippen LogP contribution >= 0.6 is 0 Å². The minimum absolute atomic E-state index is 0.0219. The molecule has 2 amide bonds. The highest BCUT2D eigenvalue weighted by Crippen LogP contribution is 2.30. The number of piperidine rings is 1. The van der Waals surface area contributed by atoms with Crippen molar-refractivity contribution in [1.29, 1.82) is 0 Å². The molecular formula is C28H30FN5O2. The van der Waals surface area contributed by atoms with E-state index in [0.717, 1.165) is 42.9 Å². The number of rotatable bonds is 5. The number of nitrogens with zero attached hydrogens (tertiary/aromatic N) is 4. The van der Waals surface area contributed by atoms with E-state index in [9.17, 15) is 14.0 Å². The van der Waals surface area contributed by atoms with Gasteiger partial charge in [-0.3, -0.25) is 9.59 Å². The average molecular weight is 488 g/mol. The summed E-state index contributed by atoms with van der Waals surface area (Å²) in [6, 6.07) is 16.2. The van der Waals surface area contributed by atoms with Crippen LogP contribution in [0.25, 0.3) is 0 Å². The first kappa shape index (κ1) is 23.9. The predicted octanol–water partition coefficient (Wildman–Crippen LogP) is 4.41. The fraction of sp³-hybridized carbons (Fsp3) is 0.357. The molecule has 3 heterocycles. The molecule has 186 valence electrons. The third-order valence-electron chi connectivity index (χ3n) is 7.30. The van der Waals surface area contributed by atoms with Gasteiger partial charge in [0.25, 0.3) is 5.91 Å². The van der Waals surface area contributed by atoms with E-state index in [-0.39, 0.29) is 23.5 Å². The Bertz CT molecular complexity index is 1230. The van der Waals surface area contributed by atoms with Crippen molar-refractivity contribution in [3.8, 4) is 0 Å². The van der Waals surface area contributed by atoms with E-state index in [2.05, 4.69) is 32.5 Å². The molecule has 1 atom stereocenters. The van der Waals surface area contributed by atoms with Gasteiger partial charge in [0, 0.05) is 43.6 Å². The first-order valence-electron chi connectivity index (χ1n) is 12.5. The molecule has 0 aliphatic carbocycles. The molecule has 0 saturated carbocycles. The van der Waals surface area contributed by atoms with E-state index in [0.29, 0.717) is 31.1 Å². The largest absolute Gasteiger partial charge is 0.354 e. The molecule has 1 N–H and O–H groups in total. The minimum atomic E-state index is -0.387. The molecule has 7 nitrogen and oxygen atoms in total. The lowest BCUT2D eigenvalue weighted by Gasteiger charge is -2.32. The zero-order valence-corrected chi connectivity index (χ0v) is 20.4. The summed E-state index contributed by atoms with van der Waals surface area (Å²) in [6.45, 7) is 4.54. The molecular weight excluding hydrogens is 457 g/mol. The second-order valence-electron chi connectivity index (χ2n) is 9.65. The summed E-state index contributed by atoms with van der Waals surface area (Å²) in [4.78, 5) is 29.6. The van der Waals surface area contributed by atoms with Crippen molar-refractivity contribution >= 4 is 23.3 Å².